The van der Waals surface area contributed by atoms with Gasteiger partial charge in [-0.2, -0.15) is 0 Å². The predicted molar refractivity (Wildman–Crippen MR) is 148 cm³/mol. The lowest BCUT2D eigenvalue weighted by atomic mass is 9.57. The van der Waals surface area contributed by atoms with Crippen LogP contribution >= 0.6 is 0 Å². The highest BCUT2D eigenvalue weighted by molar-refractivity contribution is 6.25. The van der Waals surface area contributed by atoms with Crippen molar-refractivity contribution in [2.45, 2.75) is 64.5 Å². The summed E-state index contributed by atoms with van der Waals surface area (Å²) in [5.74, 6) is -5.40. The van der Waals surface area contributed by atoms with Gasteiger partial charge in [0.1, 0.15) is 22.8 Å². The minimum atomic E-state index is -2.57. The van der Waals surface area contributed by atoms with Crippen molar-refractivity contribution in [2.75, 3.05) is 33.1 Å². The number of benzene rings is 1. The van der Waals surface area contributed by atoms with Gasteiger partial charge < -0.3 is 25.3 Å². The van der Waals surface area contributed by atoms with Gasteiger partial charge in [0.25, 0.3) is 0 Å². The van der Waals surface area contributed by atoms with E-state index in [-0.39, 0.29) is 36.1 Å². The third-order valence-electron chi connectivity index (χ3n) is 8.66. The van der Waals surface area contributed by atoms with Crippen LogP contribution in [0.4, 0.5) is 5.69 Å². The molecule has 0 radical (unpaired) electrons. The van der Waals surface area contributed by atoms with Gasteiger partial charge in [-0.3, -0.25) is 19.3 Å². The molecule has 4 rings (SSSR count). The molecule has 9 nitrogen and oxygen atoms in total. The minimum absolute atomic E-state index is 0.0355. The van der Waals surface area contributed by atoms with E-state index in [1.54, 1.807) is 25.1 Å². The Hall–Kier alpha value is -3.17. The Bertz CT molecular complexity index is 1310. The topological polar surface area (TPSA) is 139 Å². The zero-order valence-electron chi connectivity index (χ0n) is 23.8. The average molecular weight is 541 g/mol. The van der Waals surface area contributed by atoms with Crippen LogP contribution < -0.4 is 4.90 Å². The zero-order chi connectivity index (χ0) is 29.2. The Morgan fingerprint density at radius 3 is 2.31 bits per heavy atom. The van der Waals surface area contributed by atoms with E-state index in [1.165, 1.54) is 6.07 Å². The number of nitrogens with zero attached hydrogens (tertiary/aromatic N) is 2. The summed E-state index contributed by atoms with van der Waals surface area (Å²) in [6.45, 7) is 5.78. The molecule has 3 aliphatic rings. The minimum Gasteiger partial charge on any atom is -0.508 e. The van der Waals surface area contributed by atoms with Crippen LogP contribution in [0.2, 0.25) is 0 Å². The fourth-order valence-electron chi connectivity index (χ4n) is 6.97. The fraction of sp³-hybridized carbons (Fsp3) is 0.567. The molecule has 9 heteroatoms. The maximum atomic E-state index is 14.1. The largest absolute Gasteiger partial charge is 0.508 e. The number of carbonyl (C=O) groups is 3. The Kier molecular flexibility index (Phi) is 7.23. The molecule has 0 bridgehead atoms. The van der Waals surface area contributed by atoms with E-state index in [1.807, 2.05) is 39.8 Å². The zero-order valence-corrected chi connectivity index (χ0v) is 23.8. The highest BCUT2D eigenvalue weighted by atomic mass is 16.3. The summed E-state index contributed by atoms with van der Waals surface area (Å²) in [6.07, 6.45) is 1.88. The van der Waals surface area contributed by atoms with Crippen molar-refractivity contribution in [1.29, 1.82) is 0 Å². The van der Waals surface area contributed by atoms with Crippen LogP contribution in [-0.4, -0.2) is 82.5 Å². The van der Waals surface area contributed by atoms with E-state index >= 15 is 0 Å². The number of aliphatic hydroxyl groups excluding tert-OH is 2. The first-order chi connectivity index (χ1) is 18.1. The number of Topliss-reactive ketones (excluding diaryl/α,β-unsaturated/α-hetero) is 3. The SMILES string of the molecule is CCCC(C)(C)CC(=O)C1=C(O)[C@]2(O)C(=O)C3=C(O)c4c(O)ccc(N(C)C)c4C[C@@H]3C[C@@H]2[C@@H](N(C)C)C1=O. The Morgan fingerprint density at radius 1 is 1.10 bits per heavy atom. The molecule has 212 valence electrons. The molecular formula is C30H40N2O7. The maximum absolute atomic E-state index is 14.1. The van der Waals surface area contributed by atoms with Crippen molar-refractivity contribution in [3.8, 4) is 5.75 Å². The first-order valence-corrected chi connectivity index (χ1v) is 13.5. The summed E-state index contributed by atoms with van der Waals surface area (Å²) in [5.41, 5.74) is -2.16. The second-order valence-electron chi connectivity index (χ2n) is 12.5. The van der Waals surface area contributed by atoms with Crippen molar-refractivity contribution >= 4 is 28.8 Å². The smallest absolute Gasteiger partial charge is 0.202 e. The molecule has 1 saturated carbocycles. The number of anilines is 1. The van der Waals surface area contributed by atoms with Crippen LogP contribution in [0.1, 0.15) is 57.6 Å². The van der Waals surface area contributed by atoms with Crippen LogP contribution in [-0.2, 0) is 20.8 Å². The Labute approximate surface area is 229 Å². The monoisotopic (exact) mass is 540 g/mol. The van der Waals surface area contributed by atoms with Gasteiger partial charge in [0, 0.05) is 37.7 Å². The van der Waals surface area contributed by atoms with Gasteiger partial charge >= 0.3 is 0 Å². The molecule has 39 heavy (non-hydrogen) atoms. The summed E-state index contributed by atoms with van der Waals surface area (Å²) in [5, 5.41) is 45.4. The Balaban J connectivity index is 1.92. The normalized spacial score (nSPS) is 26.9. The summed E-state index contributed by atoms with van der Waals surface area (Å²) in [4.78, 5) is 44.8. The van der Waals surface area contributed by atoms with Gasteiger partial charge in [0.05, 0.1) is 11.6 Å². The lowest BCUT2D eigenvalue weighted by Crippen LogP contribution is -2.65. The number of carbonyl (C=O) groups excluding carboxylic acids is 3. The fourth-order valence-corrected chi connectivity index (χ4v) is 6.97. The summed E-state index contributed by atoms with van der Waals surface area (Å²) in [7, 11) is 6.94. The van der Waals surface area contributed by atoms with Gasteiger partial charge in [-0.25, -0.2) is 0 Å². The third-order valence-corrected chi connectivity index (χ3v) is 8.66. The van der Waals surface area contributed by atoms with E-state index in [4.69, 9.17) is 0 Å². The van der Waals surface area contributed by atoms with E-state index in [0.29, 0.717) is 12.0 Å². The Morgan fingerprint density at radius 2 is 1.74 bits per heavy atom. The van der Waals surface area contributed by atoms with Crippen molar-refractivity contribution < 1.29 is 34.8 Å². The van der Waals surface area contributed by atoms with Crippen LogP contribution in [0.25, 0.3) is 5.76 Å². The number of hydrogen-bond acceptors (Lipinski definition) is 9. The van der Waals surface area contributed by atoms with E-state index < -0.39 is 63.3 Å². The number of likely N-dealkylation sites (N-methyl/N-ethyl adjacent to an activating group) is 1. The number of phenols is 1. The molecule has 0 aromatic heterocycles. The molecule has 0 amide bonds. The standard InChI is InChI=1S/C30H40N2O7/c1-8-11-29(2,3)14-20(34)23-26(36)24(32(6)7)17-13-15-12-16-18(31(4)5)9-10-19(33)22(16)25(35)21(15)27(37)30(17,39)28(23)38/h9-10,15,17,24,33,35,38-39H,8,11-14H2,1-7H3/t15-,17-,24-,30-/m1/s1. The maximum Gasteiger partial charge on any atom is 0.202 e. The number of aliphatic hydroxyl groups is 3. The van der Waals surface area contributed by atoms with E-state index in [0.717, 1.165) is 12.1 Å². The van der Waals surface area contributed by atoms with Gasteiger partial charge in [-0.1, -0.05) is 27.2 Å². The first kappa shape index (κ1) is 28.8. The van der Waals surface area contributed by atoms with Crippen LogP contribution in [0.15, 0.2) is 29.0 Å². The number of fused-ring (bicyclic) bond motifs is 3. The number of hydrogen-bond donors (Lipinski definition) is 4. The van der Waals surface area contributed by atoms with Crippen LogP contribution in [0.3, 0.4) is 0 Å². The van der Waals surface area contributed by atoms with Crippen LogP contribution in [0, 0.1) is 17.3 Å². The van der Waals surface area contributed by atoms with Crippen molar-refractivity contribution in [3.63, 3.8) is 0 Å². The molecule has 1 aromatic rings. The van der Waals surface area contributed by atoms with Gasteiger partial charge in [-0.15, -0.1) is 0 Å². The van der Waals surface area contributed by atoms with Crippen molar-refractivity contribution in [3.05, 3.63) is 40.2 Å². The average Bonchev–Trinajstić information content (AvgIpc) is 2.80. The number of rotatable bonds is 7. The van der Waals surface area contributed by atoms with E-state index in [2.05, 4.69) is 0 Å². The number of ketones is 3. The molecule has 4 N–H and O–H groups in total. The van der Waals surface area contributed by atoms with Crippen LogP contribution in [0.5, 0.6) is 5.75 Å². The van der Waals surface area contributed by atoms with Crippen molar-refractivity contribution in [2.24, 2.45) is 17.3 Å². The third kappa shape index (κ3) is 4.36. The molecule has 0 unspecified atom stereocenters. The number of aromatic hydroxyl groups is 1. The van der Waals surface area contributed by atoms with Crippen molar-refractivity contribution in [1.82, 2.24) is 4.90 Å². The molecule has 0 heterocycles. The molecule has 0 aliphatic heterocycles. The summed E-state index contributed by atoms with van der Waals surface area (Å²) < 4.78 is 0. The van der Waals surface area contributed by atoms with Gasteiger partial charge in [0.15, 0.2) is 17.2 Å². The first-order valence-electron chi connectivity index (χ1n) is 13.5. The van der Waals surface area contributed by atoms with Gasteiger partial charge in [0.2, 0.25) is 5.78 Å². The lowest BCUT2D eigenvalue weighted by Gasteiger charge is -2.50. The lowest BCUT2D eigenvalue weighted by molar-refractivity contribution is -0.153. The molecule has 0 saturated heterocycles. The molecule has 1 aromatic carbocycles. The molecule has 4 atom stereocenters. The molecule has 0 spiro atoms. The quantitative estimate of drug-likeness (QED) is 0.384. The van der Waals surface area contributed by atoms with E-state index in [9.17, 15) is 34.8 Å². The molecule has 1 fully saturated rings. The molecule has 3 aliphatic carbocycles. The second-order valence-corrected chi connectivity index (χ2v) is 12.5. The highest BCUT2D eigenvalue weighted by Gasteiger charge is 2.64. The highest BCUT2D eigenvalue weighted by Crippen LogP contribution is 2.53. The summed E-state index contributed by atoms with van der Waals surface area (Å²) >= 11 is 0. The summed E-state index contributed by atoms with van der Waals surface area (Å²) in [6, 6.07) is 2.13. The second kappa shape index (κ2) is 9.78. The number of phenolic OH excluding ortho intramolecular Hbond substituents is 1. The predicted octanol–water partition coefficient (Wildman–Crippen LogP) is 3.33. The van der Waals surface area contributed by atoms with Gasteiger partial charge in [-0.05, 0) is 62.4 Å². The molecular weight excluding hydrogens is 500 g/mol.